The summed E-state index contributed by atoms with van der Waals surface area (Å²) >= 11 is 0. The summed E-state index contributed by atoms with van der Waals surface area (Å²) in [4.78, 5) is 11.2. The van der Waals surface area contributed by atoms with Gasteiger partial charge in [0.25, 0.3) is 5.91 Å². The van der Waals surface area contributed by atoms with Gasteiger partial charge in [-0.15, -0.1) is 0 Å². The van der Waals surface area contributed by atoms with E-state index in [0.717, 1.165) is 0 Å². The molecule has 1 rings (SSSR count). The summed E-state index contributed by atoms with van der Waals surface area (Å²) in [5, 5.41) is 0. The second-order valence-corrected chi connectivity index (χ2v) is 5.69. The van der Waals surface area contributed by atoms with Crippen molar-refractivity contribution in [3.63, 3.8) is 0 Å². The van der Waals surface area contributed by atoms with Gasteiger partial charge in [0, 0.05) is 13.0 Å². The van der Waals surface area contributed by atoms with E-state index < -0.39 is 28.0 Å². The van der Waals surface area contributed by atoms with Crippen molar-refractivity contribution in [2.24, 2.45) is 5.92 Å². The molecule has 0 spiro atoms. The van der Waals surface area contributed by atoms with Gasteiger partial charge in [-0.3, -0.25) is 4.79 Å². The Morgan fingerprint density at radius 3 is 2.39 bits per heavy atom. The van der Waals surface area contributed by atoms with Crippen LogP contribution >= 0.6 is 0 Å². The highest BCUT2D eigenvalue weighted by Gasteiger charge is 2.50. The van der Waals surface area contributed by atoms with Crippen LogP contribution in [0.3, 0.4) is 0 Å². The molecular weight excluding hydrogens is 279 g/mol. The monoisotopic (exact) mass is 291 g/mol. The molecular formula is C8H12F3NO5S. The third kappa shape index (κ3) is 3.33. The standard InChI is InChI=1S/C8H12F3NO5S/c1-12(18(14,15)8(9,10)11)7(13)5-17-4-6-2-16-3-6/h6H,2-5H2,1H3. The minimum atomic E-state index is -5.64. The Labute approximate surface area is 102 Å². The van der Waals surface area contributed by atoms with Crippen LogP contribution in [-0.2, 0) is 24.3 Å². The predicted octanol–water partition coefficient (Wildman–Crippen LogP) is -0.0426. The molecule has 1 amide bonds. The molecule has 1 aliphatic heterocycles. The van der Waals surface area contributed by atoms with Crippen LogP contribution in [-0.4, -0.2) is 57.6 Å². The summed E-state index contributed by atoms with van der Waals surface area (Å²) in [6.45, 7) is 0.351. The zero-order valence-electron chi connectivity index (χ0n) is 9.44. The summed E-state index contributed by atoms with van der Waals surface area (Å²) in [7, 11) is -5.10. The lowest BCUT2D eigenvalue weighted by atomic mass is 10.1. The fraction of sp³-hybridized carbons (Fsp3) is 0.875. The average Bonchev–Trinajstić information content (AvgIpc) is 2.18. The van der Waals surface area contributed by atoms with Gasteiger partial charge in [0.1, 0.15) is 6.61 Å². The summed E-state index contributed by atoms with van der Waals surface area (Å²) in [5.41, 5.74) is -5.50. The van der Waals surface area contributed by atoms with E-state index in [1.54, 1.807) is 0 Å². The van der Waals surface area contributed by atoms with E-state index in [-0.39, 0.29) is 16.8 Å². The fourth-order valence-corrected chi connectivity index (χ4v) is 1.71. The van der Waals surface area contributed by atoms with Gasteiger partial charge in [0.05, 0.1) is 19.8 Å². The van der Waals surface area contributed by atoms with Gasteiger partial charge in [0.2, 0.25) is 0 Å². The van der Waals surface area contributed by atoms with Crippen molar-refractivity contribution < 1.29 is 35.9 Å². The number of halogens is 3. The van der Waals surface area contributed by atoms with Gasteiger partial charge in [0.15, 0.2) is 0 Å². The summed E-state index contributed by atoms with van der Waals surface area (Å²) in [5.74, 6) is -1.17. The molecule has 0 N–H and O–H groups in total. The Hall–Kier alpha value is -0.870. The second-order valence-electron chi connectivity index (χ2n) is 3.73. The van der Waals surface area contributed by atoms with E-state index in [2.05, 4.69) is 0 Å². The number of nitrogens with zero attached hydrogens (tertiary/aromatic N) is 1. The minimum absolute atomic E-state index is 0.0994. The maximum absolute atomic E-state index is 12.1. The first-order valence-corrected chi connectivity index (χ1v) is 6.33. The van der Waals surface area contributed by atoms with Crippen LogP contribution in [0, 0.1) is 5.92 Å². The van der Waals surface area contributed by atoms with Gasteiger partial charge in [-0.2, -0.15) is 21.6 Å². The van der Waals surface area contributed by atoms with Gasteiger partial charge < -0.3 is 9.47 Å². The van der Waals surface area contributed by atoms with Crippen LogP contribution in [0.1, 0.15) is 0 Å². The Bertz CT molecular complexity index is 403. The minimum Gasteiger partial charge on any atom is -0.381 e. The largest absolute Gasteiger partial charge is 0.516 e. The van der Waals surface area contributed by atoms with Gasteiger partial charge in [-0.05, 0) is 0 Å². The van der Waals surface area contributed by atoms with Crippen LogP contribution in [0.4, 0.5) is 13.2 Å². The molecule has 0 atom stereocenters. The molecule has 1 aliphatic rings. The molecule has 6 nitrogen and oxygen atoms in total. The Morgan fingerprint density at radius 1 is 1.44 bits per heavy atom. The number of likely N-dealkylation sites (N-methyl/N-ethyl adjacent to an activating group) is 1. The van der Waals surface area contributed by atoms with Gasteiger partial charge in [-0.25, -0.2) is 4.31 Å². The van der Waals surface area contributed by atoms with Crippen LogP contribution in [0.25, 0.3) is 0 Å². The van der Waals surface area contributed by atoms with E-state index in [1.807, 2.05) is 0 Å². The van der Waals surface area contributed by atoms with E-state index >= 15 is 0 Å². The Kier molecular flexibility index (Phi) is 4.56. The van der Waals surface area contributed by atoms with E-state index in [4.69, 9.17) is 9.47 Å². The number of amides is 1. The topological polar surface area (TPSA) is 72.9 Å². The molecule has 0 radical (unpaired) electrons. The Morgan fingerprint density at radius 2 is 2.00 bits per heavy atom. The maximum atomic E-state index is 12.1. The van der Waals surface area contributed by atoms with Crippen LogP contribution < -0.4 is 0 Å². The highest BCUT2D eigenvalue weighted by atomic mass is 32.2. The van der Waals surface area contributed by atoms with Gasteiger partial charge in [-0.1, -0.05) is 0 Å². The van der Waals surface area contributed by atoms with E-state index in [1.165, 1.54) is 0 Å². The predicted molar refractivity (Wildman–Crippen MR) is 52.9 cm³/mol. The van der Waals surface area contributed by atoms with E-state index in [9.17, 15) is 26.4 Å². The average molecular weight is 291 g/mol. The number of sulfonamides is 1. The molecule has 0 bridgehead atoms. The normalized spacial score (nSPS) is 17.3. The van der Waals surface area contributed by atoms with Crippen LogP contribution in [0.2, 0.25) is 0 Å². The quantitative estimate of drug-likeness (QED) is 0.710. The lowest BCUT2D eigenvalue weighted by Gasteiger charge is -2.25. The number of ether oxygens (including phenoxy) is 2. The number of hydrogen-bond donors (Lipinski definition) is 0. The second kappa shape index (κ2) is 5.41. The number of hydrogen-bond acceptors (Lipinski definition) is 5. The molecule has 0 aromatic rings. The zero-order valence-corrected chi connectivity index (χ0v) is 10.3. The van der Waals surface area contributed by atoms with Crippen molar-refractivity contribution in [2.45, 2.75) is 5.51 Å². The number of alkyl halides is 3. The first-order valence-electron chi connectivity index (χ1n) is 4.89. The molecule has 0 aliphatic carbocycles. The highest BCUT2D eigenvalue weighted by Crippen LogP contribution is 2.25. The number of carbonyl (C=O) groups is 1. The molecule has 0 aromatic heterocycles. The summed E-state index contributed by atoms with van der Waals surface area (Å²) < 4.78 is 67.4. The smallest absolute Gasteiger partial charge is 0.381 e. The third-order valence-electron chi connectivity index (χ3n) is 2.29. The maximum Gasteiger partial charge on any atom is 0.516 e. The lowest BCUT2D eigenvalue weighted by Crippen LogP contribution is -2.43. The molecule has 0 aromatic carbocycles. The molecule has 1 saturated heterocycles. The lowest BCUT2D eigenvalue weighted by molar-refractivity contribution is -0.134. The summed E-state index contributed by atoms with van der Waals surface area (Å²) in [6, 6.07) is 0. The van der Waals surface area contributed by atoms with Crippen molar-refractivity contribution >= 4 is 15.9 Å². The zero-order chi connectivity index (χ0) is 14.0. The SMILES string of the molecule is CN(C(=O)COCC1COC1)S(=O)(=O)C(F)(F)F. The molecule has 18 heavy (non-hydrogen) atoms. The number of rotatable bonds is 5. The summed E-state index contributed by atoms with van der Waals surface area (Å²) in [6.07, 6.45) is 0. The first kappa shape index (κ1) is 15.2. The van der Waals surface area contributed by atoms with E-state index in [0.29, 0.717) is 20.3 Å². The van der Waals surface area contributed by atoms with Crippen molar-refractivity contribution in [2.75, 3.05) is 33.5 Å². The van der Waals surface area contributed by atoms with Crippen LogP contribution in [0.15, 0.2) is 0 Å². The first-order chi connectivity index (χ1) is 8.16. The molecule has 1 fully saturated rings. The van der Waals surface area contributed by atoms with Crippen molar-refractivity contribution in [1.29, 1.82) is 0 Å². The number of carbonyl (C=O) groups excluding carboxylic acids is 1. The Balaban J connectivity index is 2.45. The third-order valence-corrected chi connectivity index (χ3v) is 3.80. The molecule has 0 saturated carbocycles. The molecule has 0 unspecified atom stereocenters. The van der Waals surface area contributed by atoms with Crippen LogP contribution in [0.5, 0.6) is 0 Å². The highest BCUT2D eigenvalue weighted by molar-refractivity contribution is 7.90. The van der Waals surface area contributed by atoms with Crippen molar-refractivity contribution in [1.82, 2.24) is 4.31 Å². The van der Waals surface area contributed by atoms with Gasteiger partial charge >= 0.3 is 15.5 Å². The molecule has 10 heteroatoms. The van der Waals surface area contributed by atoms with Crippen molar-refractivity contribution in [3.8, 4) is 0 Å². The molecule has 106 valence electrons. The van der Waals surface area contributed by atoms with Crippen molar-refractivity contribution in [3.05, 3.63) is 0 Å². The fourth-order valence-electron chi connectivity index (χ4n) is 1.07. The molecule has 1 heterocycles.